The van der Waals surface area contributed by atoms with Gasteiger partial charge in [0, 0.05) is 46.0 Å². The SMILES string of the molecule is CCCN1/C(=C\C=C2\CCCC(/C=C/C3N(CCC)c4ccccc4C3(C)C)=C2Cl)C(C)(C)c2ccccc21.I. The van der Waals surface area contributed by atoms with Gasteiger partial charge in [0.25, 0.3) is 0 Å². The monoisotopic (exact) mass is 668 g/mol. The van der Waals surface area contributed by atoms with Crippen LogP contribution in [0, 0.1) is 0 Å². The molecule has 0 bridgehead atoms. The first-order valence-corrected chi connectivity index (χ1v) is 15.3. The molecular formula is C36H46ClIN2. The lowest BCUT2D eigenvalue weighted by atomic mass is 9.80. The molecule has 4 heteroatoms. The molecule has 1 unspecified atom stereocenters. The van der Waals surface area contributed by atoms with Gasteiger partial charge in [0.2, 0.25) is 0 Å². The van der Waals surface area contributed by atoms with E-state index < -0.39 is 0 Å². The molecule has 0 aromatic heterocycles. The molecule has 2 aliphatic heterocycles. The van der Waals surface area contributed by atoms with Crippen LogP contribution < -0.4 is 9.80 Å². The quantitative estimate of drug-likeness (QED) is 0.271. The van der Waals surface area contributed by atoms with Crippen LogP contribution in [0.25, 0.3) is 0 Å². The van der Waals surface area contributed by atoms with E-state index in [4.69, 9.17) is 11.6 Å². The van der Waals surface area contributed by atoms with Crippen molar-refractivity contribution in [2.75, 3.05) is 22.9 Å². The van der Waals surface area contributed by atoms with Gasteiger partial charge in [0.15, 0.2) is 0 Å². The summed E-state index contributed by atoms with van der Waals surface area (Å²) in [7, 11) is 0. The maximum Gasteiger partial charge on any atom is 0.0568 e. The van der Waals surface area contributed by atoms with Gasteiger partial charge in [-0.3, -0.25) is 0 Å². The van der Waals surface area contributed by atoms with Crippen LogP contribution in [0.15, 0.2) is 94.7 Å². The first-order chi connectivity index (χ1) is 18.7. The first kappa shape index (κ1) is 31.0. The van der Waals surface area contributed by atoms with Crippen molar-refractivity contribution in [1.82, 2.24) is 0 Å². The third kappa shape index (κ3) is 5.45. The molecule has 0 N–H and O–H groups in total. The molecule has 40 heavy (non-hydrogen) atoms. The van der Waals surface area contributed by atoms with Gasteiger partial charge in [-0.2, -0.15) is 0 Å². The van der Waals surface area contributed by atoms with Crippen LogP contribution in [0.5, 0.6) is 0 Å². The lowest BCUT2D eigenvalue weighted by Crippen LogP contribution is -2.40. The van der Waals surface area contributed by atoms with Gasteiger partial charge in [-0.1, -0.05) is 108 Å². The van der Waals surface area contributed by atoms with Crippen molar-refractivity contribution in [1.29, 1.82) is 0 Å². The lowest BCUT2D eigenvalue weighted by Gasteiger charge is -2.32. The summed E-state index contributed by atoms with van der Waals surface area (Å²) in [6.45, 7) is 16.1. The topological polar surface area (TPSA) is 6.48 Å². The molecule has 0 saturated heterocycles. The predicted molar refractivity (Wildman–Crippen MR) is 185 cm³/mol. The smallest absolute Gasteiger partial charge is 0.0568 e. The summed E-state index contributed by atoms with van der Waals surface area (Å²) in [5.41, 5.74) is 9.51. The second kappa shape index (κ2) is 12.5. The van der Waals surface area contributed by atoms with Gasteiger partial charge in [0.05, 0.1) is 6.04 Å². The zero-order chi connectivity index (χ0) is 27.8. The van der Waals surface area contributed by atoms with Crippen LogP contribution in [0.2, 0.25) is 0 Å². The maximum absolute atomic E-state index is 7.14. The van der Waals surface area contributed by atoms with Gasteiger partial charge in [-0.05, 0) is 72.6 Å². The number of hydrogen-bond acceptors (Lipinski definition) is 2. The number of halogens is 2. The Hall–Kier alpha value is -1.98. The van der Waals surface area contributed by atoms with Crippen molar-refractivity contribution in [2.45, 2.75) is 90.5 Å². The molecule has 5 rings (SSSR count). The minimum atomic E-state index is -0.0256. The number of allylic oxidation sites excluding steroid dienone is 7. The summed E-state index contributed by atoms with van der Waals surface area (Å²) in [4.78, 5) is 5.10. The third-order valence-electron chi connectivity index (χ3n) is 9.07. The van der Waals surface area contributed by atoms with E-state index in [1.807, 2.05) is 0 Å². The number of fused-ring (bicyclic) bond motifs is 2. The Kier molecular flexibility index (Phi) is 9.67. The van der Waals surface area contributed by atoms with Gasteiger partial charge in [-0.15, -0.1) is 24.0 Å². The first-order valence-electron chi connectivity index (χ1n) is 14.9. The molecule has 2 aromatic rings. The average molecular weight is 669 g/mol. The molecule has 2 aromatic carbocycles. The molecule has 1 atom stereocenters. The van der Waals surface area contributed by atoms with Crippen molar-refractivity contribution < 1.29 is 0 Å². The maximum atomic E-state index is 7.14. The van der Waals surface area contributed by atoms with E-state index in [1.54, 1.807) is 0 Å². The fourth-order valence-corrected chi connectivity index (χ4v) is 7.33. The van der Waals surface area contributed by atoms with Crippen LogP contribution in [0.1, 0.15) is 84.8 Å². The standard InChI is InChI=1S/C36H45ClN2.HI/c1-7-24-38-30-18-11-9-16-28(30)35(3,4)32(38)22-20-26-14-13-15-27(34(26)37)21-23-33-36(5,6)29-17-10-12-19-31(29)39(33)25-8-2;/h9-12,16-23,32H,7-8,13-15,24-25H2,1-6H3;1H/b22-20+,27-21-,33-23-;. The fraction of sp³-hybridized carbons (Fsp3) is 0.444. The average Bonchev–Trinajstić information content (AvgIpc) is 3.27. The number of anilines is 2. The minimum absolute atomic E-state index is 0. The molecule has 0 radical (unpaired) electrons. The van der Waals surface area contributed by atoms with E-state index >= 15 is 0 Å². The molecule has 0 fully saturated rings. The molecule has 0 spiro atoms. The van der Waals surface area contributed by atoms with Crippen LogP contribution in [-0.4, -0.2) is 19.1 Å². The molecular weight excluding hydrogens is 623 g/mol. The Labute approximate surface area is 264 Å². The molecule has 214 valence electrons. The van der Waals surface area contributed by atoms with E-state index in [2.05, 4.69) is 124 Å². The third-order valence-corrected chi connectivity index (χ3v) is 9.56. The molecule has 2 nitrogen and oxygen atoms in total. The zero-order valence-electron chi connectivity index (χ0n) is 25.1. The number of para-hydroxylation sites is 2. The van der Waals surface area contributed by atoms with Gasteiger partial charge >= 0.3 is 0 Å². The molecule has 2 heterocycles. The Morgan fingerprint density at radius 3 is 2.20 bits per heavy atom. The summed E-state index contributed by atoms with van der Waals surface area (Å²) >= 11 is 7.14. The largest absolute Gasteiger partial charge is 0.364 e. The van der Waals surface area contributed by atoms with E-state index in [1.165, 1.54) is 39.3 Å². The molecule has 1 aliphatic carbocycles. The second-order valence-corrected chi connectivity index (χ2v) is 12.8. The highest BCUT2D eigenvalue weighted by molar-refractivity contribution is 14.0. The second-order valence-electron chi connectivity index (χ2n) is 12.5. The van der Waals surface area contributed by atoms with Crippen LogP contribution in [-0.2, 0) is 10.8 Å². The predicted octanol–water partition coefficient (Wildman–Crippen LogP) is 10.4. The summed E-state index contributed by atoms with van der Waals surface area (Å²) in [5.74, 6) is 0. The Morgan fingerprint density at radius 1 is 0.850 bits per heavy atom. The summed E-state index contributed by atoms with van der Waals surface area (Å²) in [5, 5.41) is 0.945. The van der Waals surface area contributed by atoms with E-state index in [-0.39, 0.29) is 34.8 Å². The van der Waals surface area contributed by atoms with Gasteiger partial charge in [0.1, 0.15) is 0 Å². The van der Waals surface area contributed by atoms with E-state index in [0.29, 0.717) is 6.04 Å². The Morgan fingerprint density at radius 2 is 1.50 bits per heavy atom. The number of rotatable bonds is 7. The Balaban J connectivity index is 0.00000370. The zero-order valence-corrected chi connectivity index (χ0v) is 28.2. The number of nitrogens with zero attached hydrogens (tertiary/aromatic N) is 2. The van der Waals surface area contributed by atoms with Gasteiger partial charge < -0.3 is 9.80 Å². The normalized spacial score (nSPS) is 23.2. The summed E-state index contributed by atoms with van der Waals surface area (Å²) < 4.78 is 0. The van der Waals surface area contributed by atoms with Crippen molar-refractivity contribution in [3.05, 3.63) is 106 Å². The number of benzene rings is 2. The highest BCUT2D eigenvalue weighted by atomic mass is 127. The van der Waals surface area contributed by atoms with E-state index in [9.17, 15) is 0 Å². The van der Waals surface area contributed by atoms with Crippen molar-refractivity contribution in [3.63, 3.8) is 0 Å². The summed E-state index contributed by atoms with van der Waals surface area (Å²) in [6, 6.07) is 18.1. The lowest BCUT2D eigenvalue weighted by molar-refractivity contribution is 0.473. The fourth-order valence-electron chi connectivity index (χ4n) is 7.01. The van der Waals surface area contributed by atoms with Crippen molar-refractivity contribution in [3.8, 4) is 0 Å². The molecule has 0 amide bonds. The van der Waals surface area contributed by atoms with Gasteiger partial charge in [-0.25, -0.2) is 0 Å². The molecule has 0 saturated carbocycles. The van der Waals surface area contributed by atoms with Crippen molar-refractivity contribution in [2.24, 2.45) is 0 Å². The Bertz CT molecular complexity index is 1350. The van der Waals surface area contributed by atoms with Crippen LogP contribution >= 0.6 is 35.6 Å². The van der Waals surface area contributed by atoms with Crippen molar-refractivity contribution >= 4 is 47.0 Å². The highest BCUT2D eigenvalue weighted by Crippen LogP contribution is 2.48. The van der Waals surface area contributed by atoms with Crippen LogP contribution in [0.3, 0.4) is 0 Å². The van der Waals surface area contributed by atoms with E-state index in [0.717, 1.165) is 50.2 Å². The number of hydrogen-bond donors (Lipinski definition) is 0. The molecule has 3 aliphatic rings. The summed E-state index contributed by atoms with van der Waals surface area (Å²) in [6.07, 6.45) is 14.9. The highest BCUT2D eigenvalue weighted by Gasteiger charge is 2.42. The van der Waals surface area contributed by atoms with Crippen LogP contribution in [0.4, 0.5) is 11.4 Å². The minimum Gasteiger partial charge on any atom is -0.364 e.